The smallest absolute Gasteiger partial charge is 0.257 e. The van der Waals surface area contributed by atoms with Gasteiger partial charge in [0.05, 0.1) is 25.4 Å². The first-order valence-corrected chi connectivity index (χ1v) is 8.44. The molecule has 0 aromatic heterocycles. The number of para-hydroxylation sites is 1. The van der Waals surface area contributed by atoms with Crippen LogP contribution in [0.4, 0.5) is 4.39 Å². The number of methoxy groups -OCH3 is 1. The van der Waals surface area contributed by atoms with Crippen LogP contribution < -0.4 is 4.74 Å². The van der Waals surface area contributed by atoms with Crippen molar-refractivity contribution in [1.82, 2.24) is 4.90 Å². The van der Waals surface area contributed by atoms with Crippen molar-refractivity contribution in [1.29, 1.82) is 0 Å². The average molecular weight is 364 g/mol. The molecule has 0 N–H and O–H groups in total. The maximum absolute atomic E-state index is 13.9. The van der Waals surface area contributed by atoms with Crippen molar-refractivity contribution < 1.29 is 18.7 Å². The molecule has 2 aromatic carbocycles. The highest BCUT2D eigenvalue weighted by Gasteiger charge is 2.28. The molecule has 1 heterocycles. The zero-order valence-electron chi connectivity index (χ0n) is 13.9. The summed E-state index contributed by atoms with van der Waals surface area (Å²) in [5.74, 6) is -0.834. The molecule has 1 aliphatic rings. The van der Waals surface area contributed by atoms with Gasteiger partial charge in [0.2, 0.25) is 0 Å². The van der Waals surface area contributed by atoms with Gasteiger partial charge in [-0.2, -0.15) is 0 Å². The fourth-order valence-corrected chi connectivity index (χ4v) is 3.20. The van der Waals surface area contributed by atoms with Crippen LogP contribution in [0.25, 0.3) is 0 Å². The third-order valence-corrected chi connectivity index (χ3v) is 4.60. The number of halogens is 2. The molecule has 6 heteroatoms. The predicted molar refractivity (Wildman–Crippen MR) is 93.8 cm³/mol. The topological polar surface area (TPSA) is 38.8 Å². The van der Waals surface area contributed by atoms with Crippen molar-refractivity contribution in [2.75, 3.05) is 26.8 Å². The van der Waals surface area contributed by atoms with Crippen LogP contribution in [-0.2, 0) is 11.2 Å². The minimum atomic E-state index is -0.547. The molecular weight excluding hydrogens is 345 g/mol. The van der Waals surface area contributed by atoms with Gasteiger partial charge in [0.1, 0.15) is 0 Å². The van der Waals surface area contributed by atoms with Crippen LogP contribution in [0.3, 0.4) is 0 Å². The molecule has 0 saturated carbocycles. The second-order valence-electron chi connectivity index (χ2n) is 5.86. The summed E-state index contributed by atoms with van der Waals surface area (Å²) < 4.78 is 24.7. The van der Waals surface area contributed by atoms with Crippen LogP contribution in [0.15, 0.2) is 42.5 Å². The summed E-state index contributed by atoms with van der Waals surface area (Å²) in [5, 5.41) is 0.682. The molecule has 0 unspecified atom stereocenters. The maximum Gasteiger partial charge on any atom is 0.257 e. The molecule has 0 bridgehead atoms. The zero-order valence-corrected chi connectivity index (χ0v) is 14.6. The van der Waals surface area contributed by atoms with Gasteiger partial charge in [-0.15, -0.1) is 0 Å². The number of morpholine rings is 1. The number of amides is 1. The van der Waals surface area contributed by atoms with Crippen LogP contribution in [-0.4, -0.2) is 43.7 Å². The quantitative estimate of drug-likeness (QED) is 0.833. The molecule has 4 nitrogen and oxygen atoms in total. The fraction of sp³-hybridized carbons (Fsp3) is 0.316. The van der Waals surface area contributed by atoms with E-state index in [1.165, 1.54) is 19.2 Å². The lowest BCUT2D eigenvalue weighted by Gasteiger charge is -2.33. The molecule has 1 saturated heterocycles. The number of hydrogen-bond donors (Lipinski definition) is 0. The van der Waals surface area contributed by atoms with Crippen molar-refractivity contribution in [3.63, 3.8) is 0 Å². The number of nitrogens with zero attached hydrogens (tertiary/aromatic N) is 1. The van der Waals surface area contributed by atoms with E-state index in [4.69, 9.17) is 21.1 Å². The van der Waals surface area contributed by atoms with Crippen LogP contribution in [0.1, 0.15) is 15.9 Å². The Kier molecular flexibility index (Phi) is 5.56. The lowest BCUT2D eigenvalue weighted by atomic mass is 10.1. The van der Waals surface area contributed by atoms with Crippen molar-refractivity contribution in [2.45, 2.75) is 12.5 Å². The molecular formula is C19H19ClFNO3. The Morgan fingerprint density at radius 1 is 1.32 bits per heavy atom. The largest absolute Gasteiger partial charge is 0.493 e. The number of ether oxygens (including phenoxy) is 2. The van der Waals surface area contributed by atoms with Crippen molar-refractivity contribution >= 4 is 17.5 Å². The Bertz CT molecular complexity index is 768. The van der Waals surface area contributed by atoms with E-state index in [1.54, 1.807) is 11.0 Å². The SMILES string of the molecule is COc1c(F)cccc1C(=O)N1CCO[C@H](Cc2ccccc2Cl)C1. The molecule has 0 aliphatic carbocycles. The first kappa shape index (κ1) is 17.7. The lowest BCUT2D eigenvalue weighted by Crippen LogP contribution is -2.46. The van der Waals surface area contributed by atoms with E-state index in [1.807, 2.05) is 24.3 Å². The van der Waals surface area contributed by atoms with Gasteiger partial charge >= 0.3 is 0 Å². The molecule has 2 aromatic rings. The van der Waals surface area contributed by atoms with E-state index < -0.39 is 5.82 Å². The highest BCUT2D eigenvalue weighted by molar-refractivity contribution is 6.31. The highest BCUT2D eigenvalue weighted by Crippen LogP contribution is 2.25. The highest BCUT2D eigenvalue weighted by atomic mass is 35.5. The molecule has 1 fully saturated rings. The van der Waals surface area contributed by atoms with Gasteiger partial charge in [-0.1, -0.05) is 35.9 Å². The second-order valence-corrected chi connectivity index (χ2v) is 6.27. The maximum atomic E-state index is 13.9. The van der Waals surface area contributed by atoms with Gasteiger partial charge in [0, 0.05) is 24.5 Å². The number of carbonyl (C=O) groups excluding carboxylic acids is 1. The van der Waals surface area contributed by atoms with Gasteiger partial charge in [-0.05, 0) is 23.8 Å². The first-order valence-electron chi connectivity index (χ1n) is 8.07. The minimum Gasteiger partial charge on any atom is -0.493 e. The molecule has 0 spiro atoms. The molecule has 1 atom stereocenters. The second kappa shape index (κ2) is 7.85. The summed E-state index contributed by atoms with van der Waals surface area (Å²) >= 11 is 6.20. The normalized spacial score (nSPS) is 17.4. The fourth-order valence-electron chi connectivity index (χ4n) is 2.99. The summed E-state index contributed by atoms with van der Waals surface area (Å²) in [6.07, 6.45) is 0.459. The molecule has 3 rings (SSSR count). The van der Waals surface area contributed by atoms with E-state index in [0.29, 0.717) is 31.1 Å². The number of hydrogen-bond acceptors (Lipinski definition) is 3. The number of rotatable bonds is 4. The minimum absolute atomic E-state index is 0.0263. The van der Waals surface area contributed by atoms with Crippen LogP contribution in [0, 0.1) is 5.82 Å². The van der Waals surface area contributed by atoms with E-state index in [2.05, 4.69) is 0 Å². The van der Waals surface area contributed by atoms with Crippen LogP contribution in [0.5, 0.6) is 5.75 Å². The molecule has 132 valence electrons. The summed E-state index contributed by atoms with van der Waals surface area (Å²) in [4.78, 5) is 14.5. The molecule has 1 aliphatic heterocycles. The van der Waals surface area contributed by atoms with Gasteiger partial charge in [-0.3, -0.25) is 4.79 Å². The Labute approximate surface area is 151 Å². The summed E-state index contributed by atoms with van der Waals surface area (Å²) in [7, 11) is 1.36. The van der Waals surface area contributed by atoms with Crippen molar-refractivity contribution in [3.8, 4) is 5.75 Å². The van der Waals surface area contributed by atoms with Crippen molar-refractivity contribution in [3.05, 3.63) is 64.4 Å². The summed E-state index contributed by atoms with van der Waals surface area (Å²) in [6, 6.07) is 11.9. The Hall–Kier alpha value is -2.11. The average Bonchev–Trinajstić information content (AvgIpc) is 2.63. The van der Waals surface area contributed by atoms with Gasteiger partial charge in [-0.25, -0.2) is 4.39 Å². The molecule has 25 heavy (non-hydrogen) atoms. The van der Waals surface area contributed by atoms with Crippen molar-refractivity contribution in [2.24, 2.45) is 0 Å². The Balaban J connectivity index is 1.74. The lowest BCUT2D eigenvalue weighted by molar-refractivity contribution is -0.0209. The van der Waals surface area contributed by atoms with E-state index in [-0.39, 0.29) is 23.3 Å². The van der Waals surface area contributed by atoms with Gasteiger partial charge in [0.15, 0.2) is 11.6 Å². The zero-order chi connectivity index (χ0) is 17.8. The van der Waals surface area contributed by atoms with Crippen LogP contribution in [0.2, 0.25) is 5.02 Å². The molecule has 1 amide bonds. The standard InChI is InChI=1S/C19H19ClFNO3/c1-24-18-15(6-4-8-17(18)21)19(23)22-9-10-25-14(12-22)11-13-5-2-3-7-16(13)20/h2-8,14H,9-12H2,1H3/t14-/m1/s1. The van der Waals surface area contributed by atoms with E-state index in [9.17, 15) is 9.18 Å². The van der Waals surface area contributed by atoms with Gasteiger partial charge < -0.3 is 14.4 Å². The van der Waals surface area contributed by atoms with E-state index in [0.717, 1.165) is 5.56 Å². The first-order chi connectivity index (χ1) is 12.1. The summed E-state index contributed by atoms with van der Waals surface area (Å²) in [6.45, 7) is 1.31. The predicted octanol–water partition coefficient (Wildman–Crippen LogP) is 3.57. The Morgan fingerprint density at radius 2 is 2.12 bits per heavy atom. The summed E-state index contributed by atoms with van der Waals surface area (Å²) in [5.41, 5.74) is 1.20. The van der Waals surface area contributed by atoms with E-state index >= 15 is 0 Å². The number of benzene rings is 2. The third kappa shape index (κ3) is 3.94. The van der Waals surface area contributed by atoms with Crippen LogP contribution >= 0.6 is 11.6 Å². The molecule has 0 radical (unpaired) electrons. The third-order valence-electron chi connectivity index (χ3n) is 4.23. The monoisotopic (exact) mass is 363 g/mol. The van der Waals surface area contributed by atoms with Gasteiger partial charge in [0.25, 0.3) is 5.91 Å². The number of carbonyl (C=O) groups is 1. The Morgan fingerprint density at radius 3 is 2.88 bits per heavy atom.